The Morgan fingerprint density at radius 2 is 1.12 bits per heavy atom. The number of allylic oxidation sites excluding steroid dienone is 1. The van der Waals surface area contributed by atoms with E-state index in [4.69, 9.17) is 37.0 Å². The molecule has 0 aliphatic carbocycles. The molecule has 0 spiro atoms. The number of thioether (sulfide) groups is 1. The largest absolute Gasteiger partial charge is 0.448 e. The zero-order valence-corrected chi connectivity index (χ0v) is 48.2. The number of nitrogens with two attached hydrogens (primary N) is 1. The number of benzene rings is 8. The fourth-order valence-electron chi connectivity index (χ4n) is 11.3. The molecule has 1 fully saturated rings. The first kappa shape index (κ1) is 56.1. The van der Waals surface area contributed by atoms with E-state index in [1.165, 1.54) is 16.7 Å². The molecule has 4 heterocycles. The molecule has 0 radical (unpaired) electrons. The molecule has 15 heteroatoms. The van der Waals surface area contributed by atoms with E-state index in [0.717, 1.165) is 60.7 Å². The van der Waals surface area contributed by atoms with Gasteiger partial charge in [0.05, 0.1) is 11.7 Å². The number of carbonyl (C=O) groups is 3. The molecule has 2 amide bonds. The first-order valence-corrected chi connectivity index (χ1v) is 29.8. The molecule has 2 aliphatic heterocycles. The molecular weight excluding hydrogens is 1120 g/mol. The van der Waals surface area contributed by atoms with Crippen molar-refractivity contribution in [2.24, 2.45) is 10.9 Å². The molecule has 2 atom stereocenters. The summed E-state index contributed by atoms with van der Waals surface area (Å²) in [5, 5.41) is 12.1. The monoisotopic (exact) mass is 1170 g/mol. The number of oxime groups is 1. The van der Waals surface area contributed by atoms with Crippen molar-refractivity contribution in [2.45, 2.75) is 53.6 Å². The Morgan fingerprint density at radius 1 is 0.659 bits per heavy atom. The highest BCUT2D eigenvalue weighted by atomic mass is 35.5. The highest BCUT2D eigenvalue weighted by molar-refractivity contribution is 8.03. The van der Waals surface area contributed by atoms with Crippen molar-refractivity contribution in [1.82, 2.24) is 20.2 Å². The average molecular weight is 1170 g/mol. The number of hydrogen-bond acceptors (Lipinski definition) is 12. The SMILES string of the molecule is NCc1ncccc1SC1=C(C(=O)OC(c2ccccc2)c2ccccc2)N2C(=O)[C@@H](NC(=O)C(=NOC(c3ccccc3)(c3ccccc3)c3ccccc3)c3nc(NC(c4ccccc4)(c4ccccc4)c4ccccc4)sc3Cl)[C@H]2CC1. The summed E-state index contributed by atoms with van der Waals surface area (Å²) in [4.78, 5) is 65.5. The van der Waals surface area contributed by atoms with E-state index in [9.17, 15) is 0 Å². The Hall–Kier alpha value is -9.44. The van der Waals surface area contributed by atoms with Crippen LogP contribution in [-0.2, 0) is 41.6 Å². The number of esters is 1. The van der Waals surface area contributed by atoms with E-state index < -0.39 is 47.1 Å². The van der Waals surface area contributed by atoms with Crippen LogP contribution in [0.5, 0.6) is 0 Å². The van der Waals surface area contributed by atoms with E-state index in [1.807, 2.05) is 212 Å². The van der Waals surface area contributed by atoms with Crippen LogP contribution >= 0.6 is 34.7 Å². The Morgan fingerprint density at radius 3 is 1.59 bits per heavy atom. The van der Waals surface area contributed by atoms with Crippen molar-refractivity contribution in [3.8, 4) is 0 Å². The highest BCUT2D eigenvalue weighted by Gasteiger charge is 2.55. The van der Waals surface area contributed by atoms with Gasteiger partial charge in [0.15, 0.2) is 16.9 Å². The summed E-state index contributed by atoms with van der Waals surface area (Å²) in [6.45, 7) is 0.158. The summed E-state index contributed by atoms with van der Waals surface area (Å²) in [7, 11) is 0. The number of fused-ring (bicyclic) bond motifs is 1. The molecular formula is C70H56ClN7O5S2. The van der Waals surface area contributed by atoms with Crippen LogP contribution in [0.2, 0.25) is 4.34 Å². The van der Waals surface area contributed by atoms with Crippen LogP contribution in [0.3, 0.4) is 0 Å². The third kappa shape index (κ3) is 11.2. The molecule has 4 N–H and O–H groups in total. The highest BCUT2D eigenvalue weighted by Crippen LogP contribution is 2.47. The quantitative estimate of drug-likeness (QED) is 0.0220. The fraction of sp³-hybridized carbons (Fsp3) is 0.114. The zero-order valence-electron chi connectivity index (χ0n) is 45.8. The normalized spacial score (nSPS) is 15.2. The molecule has 1 saturated heterocycles. The second kappa shape index (κ2) is 25.2. The molecule has 0 saturated carbocycles. The summed E-state index contributed by atoms with van der Waals surface area (Å²) in [6, 6.07) is 80.0. The van der Waals surface area contributed by atoms with Gasteiger partial charge < -0.3 is 25.9 Å². The van der Waals surface area contributed by atoms with Gasteiger partial charge in [-0.3, -0.25) is 19.5 Å². The van der Waals surface area contributed by atoms with Gasteiger partial charge in [-0.15, -0.1) is 0 Å². The molecule has 420 valence electrons. The molecule has 12 rings (SSSR count). The van der Waals surface area contributed by atoms with Crippen molar-refractivity contribution in [3.05, 3.63) is 332 Å². The third-order valence-electron chi connectivity index (χ3n) is 15.3. The minimum Gasteiger partial charge on any atom is -0.448 e. The summed E-state index contributed by atoms with van der Waals surface area (Å²) in [5.74, 6) is -2.02. The predicted octanol–water partition coefficient (Wildman–Crippen LogP) is 13.6. The number of carbonyl (C=O) groups excluding carboxylic acids is 3. The fourth-order valence-corrected chi connectivity index (χ4v) is 13.6. The van der Waals surface area contributed by atoms with Gasteiger partial charge >= 0.3 is 5.97 Å². The number of rotatable bonds is 20. The Bertz CT molecular complexity index is 3780. The lowest BCUT2D eigenvalue weighted by Crippen LogP contribution is -2.72. The molecule has 85 heavy (non-hydrogen) atoms. The number of halogens is 1. The maximum absolute atomic E-state index is 15.7. The Kier molecular flexibility index (Phi) is 16.6. The number of pyridine rings is 1. The maximum Gasteiger partial charge on any atom is 0.356 e. The van der Waals surface area contributed by atoms with E-state index in [1.54, 1.807) is 12.3 Å². The number of β-lactam (4-membered cyclic amide) rings is 1. The molecule has 2 aliphatic rings. The van der Waals surface area contributed by atoms with Gasteiger partial charge in [-0.1, -0.05) is 283 Å². The van der Waals surface area contributed by atoms with Crippen LogP contribution in [-0.4, -0.2) is 50.4 Å². The van der Waals surface area contributed by atoms with Crippen LogP contribution in [0.15, 0.2) is 282 Å². The second-order valence-corrected chi connectivity index (χ2v) is 23.1. The number of nitrogens with one attached hydrogen (secondary N) is 2. The standard InChI is InChI=1S/C70H56ClN7O5S2/c71-64-60(75-68(85-64)76-69(49-30-13-3-14-31-49,50-32-15-4-16-33-50)51-34-17-5-18-35-51)61(77-83-70(52-36-19-6-20-37-52,53-38-21-7-22-39-53)54-40-23-8-24-41-54)65(79)74-59-56-43-44-58(84-57-42-25-45-73-55(57)46-72)62(78(56)66(59)80)67(81)82-63(47-26-9-1-10-27-47)48-28-11-2-12-29-48/h1-42,45,56,59,63H,43-44,46,72H2,(H,74,79)(H,75,76)/t56-,59+/m1/s1. The van der Waals surface area contributed by atoms with E-state index in [2.05, 4.69) is 52.0 Å². The molecule has 10 aromatic rings. The van der Waals surface area contributed by atoms with Gasteiger partial charge in [-0.05, 0) is 52.8 Å². The minimum absolute atomic E-state index is 0.00741. The topological polar surface area (TPSA) is 161 Å². The number of thiazole rings is 1. The molecule has 12 nitrogen and oxygen atoms in total. The average Bonchev–Trinajstić information content (AvgIpc) is 2.80. The summed E-state index contributed by atoms with van der Waals surface area (Å²) in [5.41, 5.74) is 10.6. The molecule has 8 aromatic carbocycles. The maximum atomic E-state index is 15.7. The second-order valence-electron chi connectivity index (χ2n) is 20.3. The third-order valence-corrected chi connectivity index (χ3v) is 17.7. The lowest BCUT2D eigenvalue weighted by molar-refractivity contribution is -0.158. The summed E-state index contributed by atoms with van der Waals surface area (Å²) >= 11 is 9.88. The smallest absolute Gasteiger partial charge is 0.356 e. The van der Waals surface area contributed by atoms with Gasteiger partial charge in [0, 0.05) is 39.2 Å². The number of hydrogen-bond donors (Lipinski definition) is 3. The first-order valence-electron chi connectivity index (χ1n) is 27.8. The molecule has 0 unspecified atom stereocenters. The molecule has 2 aromatic heterocycles. The van der Waals surface area contributed by atoms with Crippen LogP contribution in [0, 0.1) is 0 Å². The lowest BCUT2D eigenvalue weighted by Gasteiger charge is -2.50. The van der Waals surface area contributed by atoms with Gasteiger partial charge in [0.1, 0.15) is 27.3 Å². The van der Waals surface area contributed by atoms with Gasteiger partial charge in [-0.25, -0.2) is 9.78 Å². The van der Waals surface area contributed by atoms with Crippen molar-refractivity contribution < 1.29 is 24.0 Å². The van der Waals surface area contributed by atoms with E-state index in [-0.39, 0.29) is 28.0 Å². The lowest BCUT2D eigenvalue weighted by atomic mass is 9.77. The van der Waals surface area contributed by atoms with Crippen molar-refractivity contribution in [1.29, 1.82) is 0 Å². The van der Waals surface area contributed by atoms with Crippen molar-refractivity contribution >= 4 is 63.3 Å². The number of aromatic nitrogens is 2. The Balaban J connectivity index is 0.956. The van der Waals surface area contributed by atoms with E-state index >= 15 is 14.4 Å². The minimum atomic E-state index is -1.43. The van der Waals surface area contributed by atoms with Gasteiger partial charge in [0.2, 0.25) is 5.60 Å². The summed E-state index contributed by atoms with van der Waals surface area (Å²) in [6.07, 6.45) is 1.59. The van der Waals surface area contributed by atoms with Crippen LogP contribution in [0.4, 0.5) is 5.13 Å². The number of nitrogens with zero attached hydrogens (tertiary/aromatic N) is 4. The van der Waals surface area contributed by atoms with Crippen molar-refractivity contribution in [3.63, 3.8) is 0 Å². The van der Waals surface area contributed by atoms with Crippen LogP contribution in [0.1, 0.15) is 74.8 Å². The predicted molar refractivity (Wildman–Crippen MR) is 334 cm³/mol. The number of amides is 2. The molecule has 0 bridgehead atoms. The van der Waals surface area contributed by atoms with Crippen LogP contribution < -0.4 is 16.4 Å². The van der Waals surface area contributed by atoms with E-state index in [0.29, 0.717) is 28.6 Å². The summed E-state index contributed by atoms with van der Waals surface area (Å²) < 4.78 is 6.64. The van der Waals surface area contributed by atoms with Crippen molar-refractivity contribution in [2.75, 3.05) is 5.32 Å². The Labute approximate surface area is 506 Å². The van der Waals surface area contributed by atoms with Gasteiger partial charge in [0.25, 0.3) is 11.8 Å². The zero-order chi connectivity index (χ0) is 58.2. The van der Waals surface area contributed by atoms with Gasteiger partial charge in [-0.2, -0.15) is 0 Å². The number of anilines is 1. The van der Waals surface area contributed by atoms with Crippen LogP contribution in [0.25, 0.3) is 0 Å². The number of ether oxygens (including phenoxy) is 1. The first-order chi connectivity index (χ1) is 41.8.